The van der Waals surface area contributed by atoms with Gasteiger partial charge in [-0.05, 0) is 24.3 Å². The molecule has 0 unspecified atom stereocenters. The summed E-state index contributed by atoms with van der Waals surface area (Å²) in [5, 5.41) is 2.13. The van der Waals surface area contributed by atoms with Crippen molar-refractivity contribution in [3.05, 3.63) is 53.6 Å². The molecule has 6 nitrogen and oxygen atoms in total. The number of hydrogen-bond donors (Lipinski definition) is 2. The third-order valence-corrected chi connectivity index (χ3v) is 3.32. The first-order valence-electron chi connectivity index (χ1n) is 7.29. The molecule has 0 heterocycles. The molecule has 2 aromatic rings. The first-order valence-corrected chi connectivity index (χ1v) is 7.29. The zero-order chi connectivity index (χ0) is 19.3. The molecular formula is C17H15F3N2O4. The Morgan fingerprint density at radius 2 is 1.85 bits per heavy atom. The Hall–Kier alpha value is -3.23. The van der Waals surface area contributed by atoms with Crippen LogP contribution in [0.3, 0.4) is 0 Å². The van der Waals surface area contributed by atoms with Crippen LogP contribution in [0, 0.1) is 0 Å². The van der Waals surface area contributed by atoms with Crippen molar-refractivity contribution in [2.24, 2.45) is 5.73 Å². The van der Waals surface area contributed by atoms with E-state index in [9.17, 15) is 22.8 Å². The number of benzene rings is 2. The smallest absolute Gasteiger partial charge is 0.418 e. The number of nitrogens with two attached hydrogens (primary N) is 1. The van der Waals surface area contributed by atoms with Gasteiger partial charge in [0.1, 0.15) is 11.5 Å². The third kappa shape index (κ3) is 4.65. The largest absolute Gasteiger partial charge is 0.497 e. The minimum atomic E-state index is -4.61. The second-order valence-electron chi connectivity index (χ2n) is 5.11. The number of carbonyl (C=O) groups is 2. The Bertz CT molecular complexity index is 822. The summed E-state index contributed by atoms with van der Waals surface area (Å²) in [5.41, 5.74) is 3.85. The van der Waals surface area contributed by atoms with Crippen LogP contribution in [0.2, 0.25) is 0 Å². The lowest BCUT2D eigenvalue weighted by Gasteiger charge is -2.14. The summed E-state index contributed by atoms with van der Waals surface area (Å²) in [5.74, 6) is -1.28. The summed E-state index contributed by atoms with van der Waals surface area (Å²) in [4.78, 5) is 23.3. The normalized spacial score (nSPS) is 10.9. The van der Waals surface area contributed by atoms with Crippen molar-refractivity contribution in [2.45, 2.75) is 6.18 Å². The SMILES string of the molecule is COc1ccc(C(N)=O)c(OCC(=O)Nc2ccccc2C(F)(F)F)c1. The number of anilines is 1. The summed E-state index contributed by atoms with van der Waals surface area (Å²) in [6.07, 6.45) is -4.61. The van der Waals surface area contributed by atoms with Gasteiger partial charge in [0.05, 0.1) is 23.9 Å². The fourth-order valence-electron chi connectivity index (χ4n) is 2.12. The van der Waals surface area contributed by atoms with Gasteiger partial charge in [-0.1, -0.05) is 12.1 Å². The average Bonchev–Trinajstić information content (AvgIpc) is 2.59. The van der Waals surface area contributed by atoms with E-state index in [1.54, 1.807) is 0 Å². The van der Waals surface area contributed by atoms with E-state index in [0.717, 1.165) is 12.1 Å². The van der Waals surface area contributed by atoms with Gasteiger partial charge in [-0.15, -0.1) is 0 Å². The molecule has 26 heavy (non-hydrogen) atoms. The number of rotatable bonds is 6. The fraction of sp³-hybridized carbons (Fsp3) is 0.176. The van der Waals surface area contributed by atoms with Crippen LogP contribution in [0.15, 0.2) is 42.5 Å². The highest BCUT2D eigenvalue weighted by Crippen LogP contribution is 2.34. The van der Waals surface area contributed by atoms with Crippen molar-refractivity contribution in [1.29, 1.82) is 0 Å². The number of ether oxygens (including phenoxy) is 2. The molecule has 0 aliphatic heterocycles. The molecule has 0 bridgehead atoms. The van der Waals surface area contributed by atoms with Gasteiger partial charge in [0.25, 0.3) is 11.8 Å². The lowest BCUT2D eigenvalue weighted by molar-refractivity contribution is -0.137. The summed E-state index contributed by atoms with van der Waals surface area (Å²) >= 11 is 0. The molecule has 3 N–H and O–H groups in total. The third-order valence-electron chi connectivity index (χ3n) is 3.32. The Labute approximate surface area is 146 Å². The van der Waals surface area contributed by atoms with Gasteiger partial charge in [-0.25, -0.2) is 0 Å². The second kappa shape index (κ2) is 7.77. The van der Waals surface area contributed by atoms with E-state index in [0.29, 0.717) is 5.75 Å². The molecule has 0 saturated heterocycles. The molecule has 2 rings (SSSR count). The molecule has 0 fully saturated rings. The maximum atomic E-state index is 12.9. The molecule has 0 radical (unpaired) electrons. The molecule has 0 aliphatic rings. The topological polar surface area (TPSA) is 90.7 Å². The van der Waals surface area contributed by atoms with Gasteiger partial charge in [0.2, 0.25) is 0 Å². The minimum Gasteiger partial charge on any atom is -0.497 e. The van der Waals surface area contributed by atoms with E-state index >= 15 is 0 Å². The average molecular weight is 368 g/mol. The summed E-state index contributed by atoms with van der Waals surface area (Å²) < 4.78 is 49.0. The van der Waals surface area contributed by atoms with E-state index in [-0.39, 0.29) is 11.3 Å². The first-order chi connectivity index (χ1) is 12.2. The molecule has 0 atom stereocenters. The maximum absolute atomic E-state index is 12.9. The Balaban J connectivity index is 2.12. The quantitative estimate of drug-likeness (QED) is 0.820. The lowest BCUT2D eigenvalue weighted by Crippen LogP contribution is -2.23. The summed E-state index contributed by atoms with van der Waals surface area (Å²) in [6, 6.07) is 8.73. The first kappa shape index (κ1) is 19.1. The van der Waals surface area contributed by atoms with Crippen molar-refractivity contribution >= 4 is 17.5 Å². The van der Waals surface area contributed by atoms with Crippen LogP contribution < -0.4 is 20.5 Å². The van der Waals surface area contributed by atoms with Crippen LogP contribution in [0.25, 0.3) is 0 Å². The molecule has 2 aromatic carbocycles. The summed E-state index contributed by atoms with van der Waals surface area (Å²) in [6.45, 7) is -0.625. The van der Waals surface area contributed by atoms with Crippen molar-refractivity contribution in [2.75, 3.05) is 19.0 Å². The number of para-hydroxylation sites is 1. The second-order valence-corrected chi connectivity index (χ2v) is 5.11. The molecular weight excluding hydrogens is 353 g/mol. The standard InChI is InChI=1S/C17H15F3N2O4/c1-25-10-6-7-11(16(21)24)14(8-10)26-9-15(23)22-13-5-3-2-4-12(13)17(18,19)20/h2-8H,9H2,1H3,(H2,21,24)(H,22,23). The number of methoxy groups -OCH3 is 1. The van der Waals surface area contributed by atoms with Crippen LogP contribution in [-0.4, -0.2) is 25.5 Å². The van der Waals surface area contributed by atoms with Crippen LogP contribution in [0.1, 0.15) is 15.9 Å². The van der Waals surface area contributed by atoms with E-state index in [1.165, 1.54) is 37.4 Å². The Morgan fingerprint density at radius 1 is 1.15 bits per heavy atom. The van der Waals surface area contributed by atoms with E-state index in [2.05, 4.69) is 5.32 Å². The zero-order valence-corrected chi connectivity index (χ0v) is 13.6. The number of amides is 2. The fourth-order valence-corrected chi connectivity index (χ4v) is 2.12. The van der Waals surface area contributed by atoms with Crippen molar-refractivity contribution < 1.29 is 32.2 Å². The predicted molar refractivity (Wildman–Crippen MR) is 87.1 cm³/mol. The number of nitrogens with one attached hydrogen (secondary N) is 1. The number of alkyl halides is 3. The van der Waals surface area contributed by atoms with Gasteiger partial charge in [0.15, 0.2) is 6.61 Å². The highest BCUT2D eigenvalue weighted by atomic mass is 19.4. The van der Waals surface area contributed by atoms with E-state index < -0.39 is 35.8 Å². The van der Waals surface area contributed by atoms with Crippen LogP contribution in [0.5, 0.6) is 11.5 Å². The molecule has 138 valence electrons. The van der Waals surface area contributed by atoms with E-state index in [4.69, 9.17) is 15.2 Å². The van der Waals surface area contributed by atoms with Crippen LogP contribution in [0.4, 0.5) is 18.9 Å². The minimum absolute atomic E-state index is 0.00860. The predicted octanol–water partition coefficient (Wildman–Crippen LogP) is 2.83. The molecule has 2 amide bonds. The monoisotopic (exact) mass is 368 g/mol. The molecule has 9 heteroatoms. The van der Waals surface area contributed by atoms with Crippen LogP contribution >= 0.6 is 0 Å². The number of carbonyl (C=O) groups excluding carboxylic acids is 2. The summed E-state index contributed by atoms with van der Waals surface area (Å²) in [7, 11) is 1.39. The Kier molecular flexibility index (Phi) is 5.71. The molecule has 0 spiro atoms. The van der Waals surface area contributed by atoms with Gasteiger partial charge in [0, 0.05) is 6.07 Å². The van der Waals surface area contributed by atoms with Gasteiger partial charge >= 0.3 is 6.18 Å². The Morgan fingerprint density at radius 3 is 2.46 bits per heavy atom. The van der Waals surface area contributed by atoms with Gasteiger partial charge in [-0.3, -0.25) is 9.59 Å². The molecule has 0 saturated carbocycles. The van der Waals surface area contributed by atoms with Crippen molar-refractivity contribution in [1.82, 2.24) is 0 Å². The number of hydrogen-bond acceptors (Lipinski definition) is 4. The highest BCUT2D eigenvalue weighted by Gasteiger charge is 2.33. The van der Waals surface area contributed by atoms with Crippen LogP contribution in [-0.2, 0) is 11.0 Å². The molecule has 0 aromatic heterocycles. The zero-order valence-electron chi connectivity index (χ0n) is 13.6. The van der Waals surface area contributed by atoms with Crippen molar-refractivity contribution in [3.63, 3.8) is 0 Å². The molecule has 0 aliphatic carbocycles. The maximum Gasteiger partial charge on any atom is 0.418 e. The highest BCUT2D eigenvalue weighted by molar-refractivity contribution is 5.96. The van der Waals surface area contributed by atoms with E-state index in [1.807, 2.05) is 0 Å². The number of primary amides is 1. The number of halogens is 3. The van der Waals surface area contributed by atoms with Gasteiger partial charge < -0.3 is 20.5 Å². The van der Waals surface area contributed by atoms with Crippen molar-refractivity contribution in [3.8, 4) is 11.5 Å². The van der Waals surface area contributed by atoms with Gasteiger partial charge in [-0.2, -0.15) is 13.2 Å². The lowest BCUT2D eigenvalue weighted by atomic mass is 10.1.